The Kier molecular flexibility index (Phi) is 2.10. The number of nitrogens with zero attached hydrogens (tertiary/aromatic N) is 1. The number of hydrogen-bond acceptors (Lipinski definition) is 3. The summed E-state index contributed by atoms with van der Waals surface area (Å²) in [5.41, 5.74) is 1.81. The fourth-order valence-electron chi connectivity index (χ4n) is 1.31. The van der Waals surface area contributed by atoms with Crippen molar-refractivity contribution < 1.29 is 4.79 Å². The third-order valence-electron chi connectivity index (χ3n) is 2.08. The molecule has 0 N–H and O–H groups in total. The molecule has 0 unspecified atom stereocenters. The summed E-state index contributed by atoms with van der Waals surface area (Å²) < 4.78 is 5.15. The van der Waals surface area contributed by atoms with Crippen LogP contribution >= 0.6 is 11.5 Å². The summed E-state index contributed by atoms with van der Waals surface area (Å²) in [4.78, 5) is 10.6. The summed E-state index contributed by atoms with van der Waals surface area (Å²) in [7, 11) is 0. The minimum Gasteiger partial charge on any atom is -0.296 e. The molecule has 13 heavy (non-hydrogen) atoms. The summed E-state index contributed by atoms with van der Waals surface area (Å²) in [5, 5.41) is 0.986. The SMILES string of the molecule is CCc1ccc2snc(C=O)c2c1. The van der Waals surface area contributed by atoms with Gasteiger partial charge in [0.05, 0.1) is 4.70 Å². The maximum Gasteiger partial charge on any atom is 0.170 e. The molecule has 2 rings (SSSR count). The largest absolute Gasteiger partial charge is 0.296 e. The molecule has 1 aromatic carbocycles. The number of aldehydes is 1. The van der Waals surface area contributed by atoms with Crippen molar-refractivity contribution in [3.05, 3.63) is 29.5 Å². The van der Waals surface area contributed by atoms with Crippen molar-refractivity contribution in [3.63, 3.8) is 0 Å². The monoisotopic (exact) mass is 191 g/mol. The molecular weight excluding hydrogens is 182 g/mol. The molecule has 2 nitrogen and oxygen atoms in total. The van der Waals surface area contributed by atoms with Crippen LogP contribution in [-0.2, 0) is 6.42 Å². The first-order chi connectivity index (χ1) is 6.35. The van der Waals surface area contributed by atoms with Crippen molar-refractivity contribution in [2.45, 2.75) is 13.3 Å². The fraction of sp³-hybridized carbons (Fsp3) is 0.200. The Balaban J connectivity index is 2.71. The number of fused-ring (bicyclic) bond motifs is 1. The molecule has 0 bridgehead atoms. The lowest BCUT2D eigenvalue weighted by molar-refractivity contribution is 0.112. The van der Waals surface area contributed by atoms with Crippen LogP contribution in [0.3, 0.4) is 0 Å². The van der Waals surface area contributed by atoms with Crippen LogP contribution in [0, 0.1) is 0 Å². The number of carbonyl (C=O) groups excluding carboxylic acids is 1. The van der Waals surface area contributed by atoms with Crippen molar-refractivity contribution >= 4 is 27.9 Å². The van der Waals surface area contributed by atoms with Gasteiger partial charge in [0, 0.05) is 5.39 Å². The van der Waals surface area contributed by atoms with Crippen molar-refractivity contribution in [2.75, 3.05) is 0 Å². The van der Waals surface area contributed by atoms with E-state index in [1.54, 1.807) is 0 Å². The molecule has 0 radical (unpaired) electrons. The molecule has 0 saturated carbocycles. The van der Waals surface area contributed by atoms with Gasteiger partial charge in [-0.05, 0) is 35.6 Å². The molecule has 0 aliphatic heterocycles. The zero-order valence-corrected chi connectivity index (χ0v) is 8.10. The van der Waals surface area contributed by atoms with Gasteiger partial charge in [-0.15, -0.1) is 0 Å². The maximum atomic E-state index is 10.6. The number of aromatic nitrogens is 1. The van der Waals surface area contributed by atoms with Gasteiger partial charge in [0.15, 0.2) is 6.29 Å². The Morgan fingerprint density at radius 1 is 1.54 bits per heavy atom. The summed E-state index contributed by atoms with van der Waals surface area (Å²) in [5.74, 6) is 0. The highest BCUT2D eigenvalue weighted by Crippen LogP contribution is 2.22. The fourth-order valence-corrected chi connectivity index (χ4v) is 2.04. The van der Waals surface area contributed by atoms with Crippen LogP contribution in [0.5, 0.6) is 0 Å². The average molecular weight is 191 g/mol. The van der Waals surface area contributed by atoms with Gasteiger partial charge in [-0.1, -0.05) is 13.0 Å². The minimum absolute atomic E-state index is 0.565. The third kappa shape index (κ3) is 1.35. The predicted molar refractivity (Wildman–Crippen MR) is 54.4 cm³/mol. The summed E-state index contributed by atoms with van der Waals surface area (Å²) in [6, 6.07) is 6.15. The Morgan fingerprint density at radius 3 is 3.08 bits per heavy atom. The van der Waals surface area contributed by atoms with Crippen LogP contribution in [0.25, 0.3) is 10.1 Å². The number of benzene rings is 1. The van der Waals surface area contributed by atoms with Gasteiger partial charge in [0.25, 0.3) is 0 Å². The second-order valence-electron chi connectivity index (χ2n) is 2.87. The lowest BCUT2D eigenvalue weighted by atomic mass is 10.1. The molecule has 2 aromatic rings. The Labute approximate surface area is 80.4 Å². The third-order valence-corrected chi connectivity index (χ3v) is 2.92. The first kappa shape index (κ1) is 8.38. The summed E-state index contributed by atoms with van der Waals surface area (Å²) in [6.07, 6.45) is 1.81. The van der Waals surface area contributed by atoms with Crippen molar-refractivity contribution in [3.8, 4) is 0 Å². The number of rotatable bonds is 2. The molecule has 0 spiro atoms. The number of hydrogen-bond donors (Lipinski definition) is 0. The molecule has 0 fully saturated rings. The molecule has 1 heterocycles. The Morgan fingerprint density at radius 2 is 2.38 bits per heavy atom. The molecule has 1 aromatic heterocycles. The lowest BCUT2D eigenvalue weighted by Gasteiger charge is -1.95. The van der Waals surface area contributed by atoms with E-state index in [9.17, 15) is 4.79 Å². The van der Waals surface area contributed by atoms with Gasteiger partial charge in [0.1, 0.15) is 5.69 Å². The van der Waals surface area contributed by atoms with E-state index in [0.29, 0.717) is 5.69 Å². The first-order valence-corrected chi connectivity index (χ1v) is 4.96. The molecule has 3 heteroatoms. The van der Waals surface area contributed by atoms with E-state index in [0.717, 1.165) is 22.8 Å². The summed E-state index contributed by atoms with van der Waals surface area (Å²) in [6.45, 7) is 2.10. The molecule has 0 saturated heterocycles. The molecule has 0 amide bonds. The van der Waals surface area contributed by atoms with Crippen molar-refractivity contribution in [2.24, 2.45) is 0 Å². The van der Waals surface area contributed by atoms with Crippen LogP contribution in [-0.4, -0.2) is 10.7 Å². The zero-order chi connectivity index (χ0) is 9.26. The molecule has 0 atom stereocenters. The average Bonchev–Trinajstić information content (AvgIpc) is 2.59. The molecule has 0 aliphatic carbocycles. The molecule has 66 valence electrons. The number of carbonyl (C=O) groups is 1. The Bertz CT molecular complexity index is 447. The predicted octanol–water partition coefficient (Wildman–Crippen LogP) is 2.67. The second kappa shape index (κ2) is 3.26. The van der Waals surface area contributed by atoms with Crippen LogP contribution in [0.2, 0.25) is 0 Å². The van der Waals surface area contributed by atoms with E-state index in [1.165, 1.54) is 17.1 Å². The van der Waals surface area contributed by atoms with Crippen molar-refractivity contribution in [1.29, 1.82) is 0 Å². The van der Waals surface area contributed by atoms with Crippen LogP contribution in [0.4, 0.5) is 0 Å². The zero-order valence-electron chi connectivity index (χ0n) is 7.28. The van der Waals surface area contributed by atoms with E-state index in [4.69, 9.17) is 0 Å². The van der Waals surface area contributed by atoms with E-state index in [-0.39, 0.29) is 0 Å². The summed E-state index contributed by atoms with van der Waals surface area (Å²) >= 11 is 1.38. The smallest absolute Gasteiger partial charge is 0.170 e. The second-order valence-corrected chi connectivity index (χ2v) is 3.67. The standard InChI is InChI=1S/C10H9NOS/c1-2-7-3-4-10-8(5-7)9(6-12)11-13-10/h3-6H,2H2,1H3. The van der Waals surface area contributed by atoms with Gasteiger partial charge in [-0.3, -0.25) is 4.79 Å². The van der Waals surface area contributed by atoms with Crippen LogP contribution in [0.1, 0.15) is 23.0 Å². The van der Waals surface area contributed by atoms with E-state index in [2.05, 4.69) is 17.4 Å². The number of aryl methyl sites for hydroxylation is 1. The van der Waals surface area contributed by atoms with E-state index in [1.807, 2.05) is 12.1 Å². The highest BCUT2D eigenvalue weighted by atomic mass is 32.1. The quantitative estimate of drug-likeness (QED) is 0.683. The normalized spacial score (nSPS) is 10.5. The molecular formula is C10H9NOS. The van der Waals surface area contributed by atoms with Gasteiger partial charge in [-0.2, -0.15) is 4.37 Å². The Hall–Kier alpha value is -1.22. The van der Waals surface area contributed by atoms with E-state index >= 15 is 0 Å². The van der Waals surface area contributed by atoms with Gasteiger partial charge >= 0.3 is 0 Å². The van der Waals surface area contributed by atoms with Crippen LogP contribution < -0.4 is 0 Å². The lowest BCUT2D eigenvalue weighted by Crippen LogP contribution is -1.81. The highest BCUT2D eigenvalue weighted by molar-refractivity contribution is 7.13. The van der Waals surface area contributed by atoms with Crippen molar-refractivity contribution in [1.82, 2.24) is 4.37 Å². The van der Waals surface area contributed by atoms with Gasteiger partial charge in [0.2, 0.25) is 0 Å². The van der Waals surface area contributed by atoms with Crippen LogP contribution in [0.15, 0.2) is 18.2 Å². The minimum atomic E-state index is 0.565. The van der Waals surface area contributed by atoms with E-state index < -0.39 is 0 Å². The highest BCUT2D eigenvalue weighted by Gasteiger charge is 2.04. The van der Waals surface area contributed by atoms with Gasteiger partial charge < -0.3 is 0 Å². The molecule has 0 aliphatic rings. The topological polar surface area (TPSA) is 30.0 Å². The van der Waals surface area contributed by atoms with Gasteiger partial charge in [-0.25, -0.2) is 0 Å². The first-order valence-electron chi connectivity index (χ1n) is 4.18. The maximum absolute atomic E-state index is 10.6.